The summed E-state index contributed by atoms with van der Waals surface area (Å²) in [6.45, 7) is 3.47. The molecule has 0 aromatic heterocycles. The summed E-state index contributed by atoms with van der Waals surface area (Å²) < 4.78 is 5.06. The van der Waals surface area contributed by atoms with E-state index in [1.54, 1.807) is 7.11 Å². The van der Waals surface area contributed by atoms with E-state index in [0.29, 0.717) is 12.5 Å². The largest absolute Gasteiger partial charge is 0.481 e. The van der Waals surface area contributed by atoms with Crippen LogP contribution in [-0.4, -0.2) is 49.3 Å². The van der Waals surface area contributed by atoms with Crippen LogP contribution < -0.4 is 0 Å². The van der Waals surface area contributed by atoms with Gasteiger partial charge in [-0.2, -0.15) is 0 Å². The first-order valence-electron chi connectivity index (χ1n) is 4.65. The average Bonchev–Trinajstić information content (AvgIpc) is 2.50. The van der Waals surface area contributed by atoms with E-state index in [4.69, 9.17) is 9.84 Å². The first-order valence-corrected chi connectivity index (χ1v) is 4.65. The predicted octanol–water partition coefficient (Wildman–Crippen LogP) is 0.429. The molecule has 1 atom stereocenters. The molecule has 76 valence electrons. The number of rotatable bonds is 5. The summed E-state index contributed by atoms with van der Waals surface area (Å²) in [5.74, 6) is -0.117. The summed E-state index contributed by atoms with van der Waals surface area (Å²) in [7, 11) is 1.71. The summed E-state index contributed by atoms with van der Waals surface area (Å²) in [6, 6.07) is 0. The van der Waals surface area contributed by atoms with Crippen molar-refractivity contribution < 1.29 is 14.6 Å². The van der Waals surface area contributed by atoms with Crippen LogP contribution in [0.1, 0.15) is 12.8 Å². The van der Waals surface area contributed by atoms with Gasteiger partial charge in [0.1, 0.15) is 0 Å². The van der Waals surface area contributed by atoms with Crippen molar-refractivity contribution in [3.05, 3.63) is 0 Å². The van der Waals surface area contributed by atoms with Crippen LogP contribution in [0.5, 0.6) is 0 Å². The Balaban J connectivity index is 2.13. The molecule has 0 aliphatic carbocycles. The highest BCUT2D eigenvalue weighted by Gasteiger charge is 2.22. The molecular formula is C9H17NO3. The van der Waals surface area contributed by atoms with Crippen molar-refractivity contribution in [3.8, 4) is 0 Å². The molecule has 0 spiro atoms. The first-order chi connectivity index (χ1) is 6.22. The zero-order chi connectivity index (χ0) is 9.68. The van der Waals surface area contributed by atoms with Crippen LogP contribution in [0.15, 0.2) is 0 Å². The topological polar surface area (TPSA) is 49.8 Å². The molecular weight excluding hydrogens is 170 g/mol. The lowest BCUT2D eigenvalue weighted by molar-refractivity contribution is -0.137. The Bertz CT molecular complexity index is 172. The molecule has 4 heteroatoms. The molecule has 1 aliphatic rings. The lowest BCUT2D eigenvalue weighted by Crippen LogP contribution is -2.24. The molecule has 0 unspecified atom stereocenters. The Morgan fingerprint density at radius 1 is 1.69 bits per heavy atom. The lowest BCUT2D eigenvalue weighted by Gasteiger charge is -2.13. The molecule has 1 rings (SSSR count). The number of nitrogens with zero attached hydrogens (tertiary/aromatic N) is 1. The predicted molar refractivity (Wildman–Crippen MR) is 48.7 cm³/mol. The van der Waals surface area contributed by atoms with Crippen LogP contribution in [0.25, 0.3) is 0 Å². The minimum Gasteiger partial charge on any atom is -0.481 e. The van der Waals surface area contributed by atoms with Gasteiger partial charge in [0.25, 0.3) is 0 Å². The summed E-state index contributed by atoms with van der Waals surface area (Å²) in [5, 5.41) is 8.49. The fraction of sp³-hybridized carbons (Fsp3) is 0.889. The molecule has 1 aliphatic heterocycles. The molecule has 0 aromatic carbocycles. The number of aliphatic carboxylic acids is 1. The Kier molecular flexibility index (Phi) is 4.18. The SMILES string of the molecule is COC[C@H]1CCN(CCC(=O)O)C1. The van der Waals surface area contributed by atoms with Gasteiger partial charge in [0.2, 0.25) is 0 Å². The van der Waals surface area contributed by atoms with E-state index in [9.17, 15) is 4.79 Å². The van der Waals surface area contributed by atoms with E-state index in [2.05, 4.69) is 4.90 Å². The van der Waals surface area contributed by atoms with Gasteiger partial charge in [-0.25, -0.2) is 0 Å². The van der Waals surface area contributed by atoms with E-state index >= 15 is 0 Å². The summed E-state index contributed by atoms with van der Waals surface area (Å²) >= 11 is 0. The van der Waals surface area contributed by atoms with Crippen molar-refractivity contribution in [1.82, 2.24) is 4.90 Å². The lowest BCUT2D eigenvalue weighted by atomic mass is 10.1. The van der Waals surface area contributed by atoms with E-state index in [-0.39, 0.29) is 6.42 Å². The van der Waals surface area contributed by atoms with Crippen LogP contribution >= 0.6 is 0 Å². The van der Waals surface area contributed by atoms with Gasteiger partial charge in [0.15, 0.2) is 0 Å². The molecule has 1 heterocycles. The number of ether oxygens (including phenoxy) is 1. The molecule has 13 heavy (non-hydrogen) atoms. The zero-order valence-corrected chi connectivity index (χ0v) is 8.03. The number of carboxylic acid groups (broad SMARTS) is 1. The van der Waals surface area contributed by atoms with E-state index in [1.165, 1.54) is 0 Å². The van der Waals surface area contributed by atoms with Crippen LogP contribution in [-0.2, 0) is 9.53 Å². The van der Waals surface area contributed by atoms with Gasteiger partial charge in [-0.15, -0.1) is 0 Å². The van der Waals surface area contributed by atoms with Gasteiger partial charge in [0, 0.05) is 20.2 Å². The van der Waals surface area contributed by atoms with Crippen molar-refractivity contribution in [1.29, 1.82) is 0 Å². The smallest absolute Gasteiger partial charge is 0.304 e. The van der Waals surface area contributed by atoms with Crippen molar-refractivity contribution in [3.63, 3.8) is 0 Å². The van der Waals surface area contributed by atoms with Gasteiger partial charge < -0.3 is 14.7 Å². The Labute approximate surface area is 78.5 Å². The monoisotopic (exact) mass is 187 g/mol. The van der Waals surface area contributed by atoms with Crippen molar-refractivity contribution in [2.24, 2.45) is 5.92 Å². The maximum Gasteiger partial charge on any atom is 0.304 e. The number of hydrogen-bond acceptors (Lipinski definition) is 3. The molecule has 1 saturated heterocycles. The highest BCUT2D eigenvalue weighted by atomic mass is 16.5. The molecule has 4 nitrogen and oxygen atoms in total. The summed E-state index contributed by atoms with van der Waals surface area (Å²) in [5.41, 5.74) is 0. The Morgan fingerprint density at radius 2 is 2.46 bits per heavy atom. The third-order valence-electron chi connectivity index (χ3n) is 2.41. The second kappa shape index (κ2) is 5.19. The third-order valence-corrected chi connectivity index (χ3v) is 2.41. The van der Waals surface area contributed by atoms with Crippen LogP contribution in [0.2, 0.25) is 0 Å². The van der Waals surface area contributed by atoms with E-state index < -0.39 is 5.97 Å². The highest BCUT2D eigenvalue weighted by Crippen LogP contribution is 2.16. The molecule has 1 N–H and O–H groups in total. The van der Waals surface area contributed by atoms with Crippen LogP contribution in [0.3, 0.4) is 0 Å². The van der Waals surface area contributed by atoms with Crippen LogP contribution in [0.4, 0.5) is 0 Å². The summed E-state index contributed by atoms with van der Waals surface area (Å²) in [6.07, 6.45) is 1.38. The standard InChI is InChI=1S/C9H17NO3/c1-13-7-8-2-4-10(6-8)5-3-9(11)12/h8H,2-7H2,1H3,(H,11,12)/t8-/m0/s1. The Hall–Kier alpha value is -0.610. The minimum absolute atomic E-state index is 0.250. The molecule has 0 saturated carbocycles. The normalized spacial score (nSPS) is 23.6. The second-order valence-corrected chi connectivity index (χ2v) is 3.55. The molecule has 0 amide bonds. The van der Waals surface area contributed by atoms with Gasteiger partial charge in [0.05, 0.1) is 13.0 Å². The average molecular weight is 187 g/mol. The van der Waals surface area contributed by atoms with Gasteiger partial charge in [-0.1, -0.05) is 0 Å². The highest BCUT2D eigenvalue weighted by molar-refractivity contribution is 5.66. The van der Waals surface area contributed by atoms with Crippen LogP contribution in [0, 0.1) is 5.92 Å². The van der Waals surface area contributed by atoms with Gasteiger partial charge >= 0.3 is 5.97 Å². The maximum atomic E-state index is 10.3. The third kappa shape index (κ3) is 3.74. The number of hydrogen-bond donors (Lipinski definition) is 1. The quantitative estimate of drug-likeness (QED) is 0.678. The molecule has 0 aromatic rings. The van der Waals surface area contributed by atoms with Crippen molar-refractivity contribution in [2.75, 3.05) is 33.4 Å². The molecule has 0 bridgehead atoms. The summed E-state index contributed by atoms with van der Waals surface area (Å²) in [4.78, 5) is 12.5. The Morgan fingerprint density at radius 3 is 3.08 bits per heavy atom. The molecule has 0 radical (unpaired) electrons. The minimum atomic E-state index is -0.713. The first kappa shape index (κ1) is 10.5. The number of carbonyl (C=O) groups is 1. The van der Waals surface area contributed by atoms with Crippen molar-refractivity contribution in [2.45, 2.75) is 12.8 Å². The second-order valence-electron chi connectivity index (χ2n) is 3.55. The van der Waals surface area contributed by atoms with E-state index in [0.717, 1.165) is 26.1 Å². The van der Waals surface area contributed by atoms with Gasteiger partial charge in [-0.3, -0.25) is 4.79 Å². The fourth-order valence-corrected chi connectivity index (χ4v) is 1.74. The number of methoxy groups -OCH3 is 1. The van der Waals surface area contributed by atoms with E-state index in [1.807, 2.05) is 0 Å². The van der Waals surface area contributed by atoms with Crippen molar-refractivity contribution >= 4 is 5.97 Å². The maximum absolute atomic E-state index is 10.3. The molecule has 1 fully saturated rings. The zero-order valence-electron chi connectivity index (χ0n) is 8.03. The van der Waals surface area contributed by atoms with Gasteiger partial charge in [-0.05, 0) is 18.9 Å². The number of likely N-dealkylation sites (tertiary alicyclic amines) is 1. The number of carboxylic acids is 1. The fourth-order valence-electron chi connectivity index (χ4n) is 1.74.